The molecule has 0 fully saturated rings. The quantitative estimate of drug-likeness (QED) is 0.577. The molecule has 0 spiro atoms. The van der Waals surface area contributed by atoms with E-state index < -0.39 is 0 Å². The number of benzene rings is 1. The number of amides is 1. The van der Waals surface area contributed by atoms with Gasteiger partial charge < -0.3 is 10.1 Å². The highest BCUT2D eigenvalue weighted by Crippen LogP contribution is 2.27. The summed E-state index contributed by atoms with van der Waals surface area (Å²) in [6.45, 7) is 1.91. The van der Waals surface area contributed by atoms with Crippen LogP contribution in [0.25, 0.3) is 16.9 Å². The molecule has 0 aliphatic carbocycles. The maximum Gasteiger partial charge on any atom is 0.272 e. The third kappa shape index (κ3) is 3.32. The van der Waals surface area contributed by atoms with Crippen LogP contribution in [-0.2, 0) is 0 Å². The lowest BCUT2D eigenvalue weighted by Crippen LogP contribution is -2.28. The van der Waals surface area contributed by atoms with Crippen LogP contribution in [0.4, 0.5) is 0 Å². The number of fused-ring (bicyclic) bond motifs is 1. The Kier molecular flexibility index (Phi) is 4.76. The maximum atomic E-state index is 13.1. The third-order valence-electron chi connectivity index (χ3n) is 4.59. The molecule has 0 aliphatic heterocycles. The molecule has 28 heavy (non-hydrogen) atoms. The minimum Gasteiger partial charge on any atom is -0.497 e. The summed E-state index contributed by atoms with van der Waals surface area (Å²) in [5, 5.41) is 3.00. The van der Waals surface area contributed by atoms with Gasteiger partial charge in [0.1, 0.15) is 11.4 Å². The SMILES string of the molecule is COc1ccc(-c2c(C(=O)N[C@H](C)c3ccccn3)nc3ccccn23)cc1. The van der Waals surface area contributed by atoms with Gasteiger partial charge >= 0.3 is 0 Å². The van der Waals surface area contributed by atoms with Crippen LogP contribution < -0.4 is 10.1 Å². The van der Waals surface area contributed by atoms with Gasteiger partial charge in [-0.3, -0.25) is 14.2 Å². The Morgan fingerprint density at radius 2 is 1.86 bits per heavy atom. The van der Waals surface area contributed by atoms with E-state index in [1.807, 2.05) is 78.2 Å². The van der Waals surface area contributed by atoms with Crippen LogP contribution in [0.15, 0.2) is 73.1 Å². The van der Waals surface area contributed by atoms with Crippen LogP contribution in [0, 0.1) is 0 Å². The van der Waals surface area contributed by atoms with Crippen molar-refractivity contribution in [2.24, 2.45) is 0 Å². The predicted octanol–water partition coefficient (Wildman–Crippen LogP) is 3.90. The van der Waals surface area contributed by atoms with Gasteiger partial charge in [0.2, 0.25) is 0 Å². The fraction of sp³-hybridized carbons (Fsp3) is 0.136. The van der Waals surface area contributed by atoms with E-state index in [0.717, 1.165) is 22.7 Å². The molecular weight excluding hydrogens is 352 g/mol. The molecule has 3 heterocycles. The molecule has 1 aromatic carbocycles. The van der Waals surface area contributed by atoms with Gasteiger partial charge in [0, 0.05) is 18.0 Å². The van der Waals surface area contributed by atoms with Gasteiger partial charge in [0.15, 0.2) is 5.69 Å². The fourth-order valence-electron chi connectivity index (χ4n) is 3.15. The van der Waals surface area contributed by atoms with Crippen molar-refractivity contribution in [3.05, 3.63) is 84.4 Å². The molecule has 0 saturated heterocycles. The van der Waals surface area contributed by atoms with Crippen molar-refractivity contribution in [2.75, 3.05) is 7.11 Å². The minimum atomic E-state index is -0.243. The number of carbonyl (C=O) groups excluding carboxylic acids is 1. The molecule has 0 aliphatic rings. The largest absolute Gasteiger partial charge is 0.497 e. The first-order valence-corrected chi connectivity index (χ1v) is 9.00. The Hall–Kier alpha value is -3.67. The Balaban J connectivity index is 1.74. The molecule has 140 valence electrons. The first-order chi connectivity index (χ1) is 13.7. The Morgan fingerprint density at radius 1 is 1.07 bits per heavy atom. The zero-order valence-electron chi connectivity index (χ0n) is 15.7. The summed E-state index contributed by atoms with van der Waals surface area (Å²) in [5.41, 5.74) is 3.51. The first-order valence-electron chi connectivity index (χ1n) is 9.00. The standard InChI is InChI=1S/C22H20N4O2/c1-15(18-7-3-5-13-23-18)24-22(27)20-21(16-9-11-17(28-2)12-10-16)26-14-6-4-8-19(26)25-20/h3-15H,1-2H3,(H,24,27)/t15-/m1/s1. The zero-order valence-corrected chi connectivity index (χ0v) is 15.7. The van der Waals surface area contributed by atoms with Crippen molar-refractivity contribution in [2.45, 2.75) is 13.0 Å². The second-order valence-corrected chi connectivity index (χ2v) is 6.42. The van der Waals surface area contributed by atoms with Gasteiger partial charge in [-0.15, -0.1) is 0 Å². The van der Waals surface area contributed by atoms with Gasteiger partial charge in [0.25, 0.3) is 5.91 Å². The molecule has 0 bridgehead atoms. The molecule has 1 amide bonds. The summed E-state index contributed by atoms with van der Waals surface area (Å²) in [6.07, 6.45) is 3.62. The van der Waals surface area contributed by atoms with Crippen molar-refractivity contribution in [1.82, 2.24) is 19.7 Å². The van der Waals surface area contributed by atoms with Crippen molar-refractivity contribution in [3.8, 4) is 17.0 Å². The van der Waals surface area contributed by atoms with Gasteiger partial charge in [-0.05, 0) is 55.5 Å². The topological polar surface area (TPSA) is 68.5 Å². The highest BCUT2D eigenvalue weighted by Gasteiger charge is 2.22. The summed E-state index contributed by atoms with van der Waals surface area (Å²) < 4.78 is 7.16. The molecule has 0 radical (unpaired) electrons. The third-order valence-corrected chi connectivity index (χ3v) is 4.59. The molecule has 6 heteroatoms. The molecule has 4 aromatic rings. The van der Waals surface area contributed by atoms with Crippen molar-refractivity contribution < 1.29 is 9.53 Å². The lowest BCUT2D eigenvalue weighted by molar-refractivity contribution is 0.0935. The predicted molar refractivity (Wildman–Crippen MR) is 107 cm³/mol. The second kappa shape index (κ2) is 7.52. The van der Waals surface area contributed by atoms with Gasteiger partial charge in [0.05, 0.1) is 24.5 Å². The van der Waals surface area contributed by atoms with Crippen LogP contribution >= 0.6 is 0 Å². The molecule has 6 nitrogen and oxygen atoms in total. The fourth-order valence-corrected chi connectivity index (χ4v) is 3.15. The summed E-state index contributed by atoms with van der Waals surface area (Å²) in [4.78, 5) is 22.0. The van der Waals surface area contributed by atoms with Gasteiger partial charge in [-0.2, -0.15) is 0 Å². The smallest absolute Gasteiger partial charge is 0.272 e. The zero-order chi connectivity index (χ0) is 19.5. The Bertz CT molecular complexity index is 1100. The van der Waals surface area contributed by atoms with E-state index in [1.165, 1.54) is 0 Å². The van der Waals surface area contributed by atoms with E-state index in [9.17, 15) is 4.79 Å². The van der Waals surface area contributed by atoms with Crippen LogP contribution in [0.2, 0.25) is 0 Å². The lowest BCUT2D eigenvalue weighted by atomic mass is 10.1. The monoisotopic (exact) mass is 372 g/mol. The minimum absolute atomic E-state index is 0.234. The number of nitrogens with one attached hydrogen (secondary N) is 1. The van der Waals surface area contributed by atoms with Crippen molar-refractivity contribution in [3.63, 3.8) is 0 Å². The van der Waals surface area contributed by atoms with E-state index in [1.54, 1.807) is 13.3 Å². The summed E-state index contributed by atoms with van der Waals surface area (Å²) in [6, 6.07) is 18.7. The van der Waals surface area contributed by atoms with Crippen molar-refractivity contribution in [1.29, 1.82) is 0 Å². The average Bonchev–Trinajstić information content (AvgIpc) is 3.14. The summed E-state index contributed by atoms with van der Waals surface area (Å²) >= 11 is 0. The van der Waals surface area contributed by atoms with Gasteiger partial charge in [-0.25, -0.2) is 4.98 Å². The molecular formula is C22H20N4O2. The number of hydrogen-bond acceptors (Lipinski definition) is 4. The number of carbonyl (C=O) groups is 1. The number of aromatic nitrogens is 3. The van der Waals surface area contributed by atoms with Crippen LogP contribution in [-0.4, -0.2) is 27.4 Å². The normalized spacial score (nSPS) is 11.9. The Labute approximate surface area is 162 Å². The first kappa shape index (κ1) is 17.7. The van der Waals surface area contributed by atoms with E-state index in [0.29, 0.717) is 11.3 Å². The molecule has 3 aromatic heterocycles. The van der Waals surface area contributed by atoms with Crippen LogP contribution in [0.1, 0.15) is 29.1 Å². The number of pyridine rings is 2. The molecule has 1 N–H and O–H groups in total. The van der Waals surface area contributed by atoms with E-state index >= 15 is 0 Å². The van der Waals surface area contributed by atoms with E-state index in [-0.39, 0.29) is 11.9 Å². The number of ether oxygens (including phenoxy) is 1. The number of rotatable bonds is 5. The van der Waals surface area contributed by atoms with E-state index in [4.69, 9.17) is 4.74 Å². The lowest BCUT2D eigenvalue weighted by Gasteiger charge is -2.13. The maximum absolute atomic E-state index is 13.1. The number of nitrogens with zero attached hydrogens (tertiary/aromatic N) is 3. The highest BCUT2D eigenvalue weighted by atomic mass is 16.5. The Morgan fingerprint density at radius 3 is 2.57 bits per heavy atom. The summed E-state index contributed by atoms with van der Waals surface area (Å²) in [7, 11) is 1.63. The van der Waals surface area contributed by atoms with Crippen LogP contribution in [0.5, 0.6) is 5.75 Å². The number of methoxy groups -OCH3 is 1. The van der Waals surface area contributed by atoms with Crippen molar-refractivity contribution >= 4 is 11.6 Å². The van der Waals surface area contributed by atoms with E-state index in [2.05, 4.69) is 15.3 Å². The molecule has 0 saturated carbocycles. The average molecular weight is 372 g/mol. The van der Waals surface area contributed by atoms with Crippen LogP contribution in [0.3, 0.4) is 0 Å². The molecule has 1 atom stereocenters. The molecule has 0 unspecified atom stereocenters. The summed E-state index contributed by atoms with van der Waals surface area (Å²) in [5.74, 6) is 0.514. The molecule has 4 rings (SSSR count). The highest BCUT2D eigenvalue weighted by molar-refractivity contribution is 5.99. The van der Waals surface area contributed by atoms with Gasteiger partial charge in [-0.1, -0.05) is 12.1 Å². The second-order valence-electron chi connectivity index (χ2n) is 6.42. The number of hydrogen-bond donors (Lipinski definition) is 1. The number of imidazole rings is 1.